The number of anilines is 1. The van der Waals surface area contributed by atoms with E-state index in [1.165, 1.54) is 0 Å². The van der Waals surface area contributed by atoms with Gasteiger partial charge in [-0.3, -0.25) is 4.79 Å². The highest BCUT2D eigenvalue weighted by Gasteiger charge is 2.19. The number of nitrogens with one attached hydrogen (secondary N) is 1. The van der Waals surface area contributed by atoms with Gasteiger partial charge in [-0.05, 0) is 35.9 Å². The first-order valence-electron chi connectivity index (χ1n) is 6.73. The van der Waals surface area contributed by atoms with E-state index in [0.29, 0.717) is 10.3 Å². The van der Waals surface area contributed by atoms with E-state index >= 15 is 0 Å². The second kappa shape index (κ2) is 6.71. The summed E-state index contributed by atoms with van der Waals surface area (Å²) in [6.45, 7) is 0. The molecule has 0 spiro atoms. The summed E-state index contributed by atoms with van der Waals surface area (Å²) < 4.78 is 27.1. The molecule has 2 nitrogen and oxygen atoms in total. The number of hydrogen-bond donors (Lipinski definition) is 1. The van der Waals surface area contributed by atoms with Gasteiger partial charge in [0.05, 0.1) is 10.1 Å². The number of halogens is 2. The Bertz CT molecular complexity index is 702. The first-order valence-corrected chi connectivity index (χ1v) is 8.83. The SMILES string of the molecule is O=C(Nc1cccc(C2SCCS2)c1)c1cc(F)ccc1F. The summed E-state index contributed by atoms with van der Waals surface area (Å²) in [7, 11) is 0. The third-order valence-corrected chi connectivity index (χ3v) is 6.32. The lowest BCUT2D eigenvalue weighted by Gasteiger charge is -2.11. The molecule has 0 aliphatic carbocycles. The fourth-order valence-electron chi connectivity index (χ4n) is 2.18. The van der Waals surface area contributed by atoms with Gasteiger partial charge >= 0.3 is 0 Å². The van der Waals surface area contributed by atoms with Crippen LogP contribution < -0.4 is 5.32 Å². The van der Waals surface area contributed by atoms with Gasteiger partial charge in [-0.15, -0.1) is 23.5 Å². The molecular formula is C16H13F2NOS2. The molecule has 0 atom stereocenters. The van der Waals surface area contributed by atoms with Gasteiger partial charge < -0.3 is 5.32 Å². The molecule has 114 valence electrons. The summed E-state index contributed by atoms with van der Waals surface area (Å²) >= 11 is 3.73. The van der Waals surface area contributed by atoms with Crippen molar-refractivity contribution in [1.82, 2.24) is 0 Å². The lowest BCUT2D eigenvalue weighted by molar-refractivity contribution is 0.102. The van der Waals surface area contributed by atoms with Gasteiger partial charge in [0.2, 0.25) is 0 Å². The molecule has 6 heteroatoms. The Balaban J connectivity index is 1.79. The van der Waals surface area contributed by atoms with Crippen molar-refractivity contribution in [2.24, 2.45) is 0 Å². The molecule has 1 heterocycles. The average molecular weight is 337 g/mol. The minimum absolute atomic E-state index is 0.296. The van der Waals surface area contributed by atoms with Gasteiger partial charge in [0.1, 0.15) is 11.6 Å². The molecule has 0 bridgehead atoms. The number of carbonyl (C=O) groups is 1. The van der Waals surface area contributed by atoms with E-state index in [1.807, 2.05) is 41.7 Å². The molecule has 1 aliphatic heterocycles. The van der Waals surface area contributed by atoms with E-state index in [4.69, 9.17) is 0 Å². The summed E-state index contributed by atoms with van der Waals surface area (Å²) in [6.07, 6.45) is 0. The summed E-state index contributed by atoms with van der Waals surface area (Å²) in [5, 5.41) is 2.63. The summed E-state index contributed by atoms with van der Waals surface area (Å²) in [4.78, 5) is 12.1. The zero-order chi connectivity index (χ0) is 15.5. The first-order chi connectivity index (χ1) is 10.6. The Morgan fingerprint density at radius 3 is 2.64 bits per heavy atom. The van der Waals surface area contributed by atoms with Crippen molar-refractivity contribution in [1.29, 1.82) is 0 Å². The Morgan fingerprint density at radius 1 is 1.09 bits per heavy atom. The molecular weight excluding hydrogens is 324 g/mol. The third-order valence-electron chi connectivity index (χ3n) is 3.21. The van der Waals surface area contributed by atoms with E-state index in [1.54, 1.807) is 6.07 Å². The number of thioether (sulfide) groups is 2. The van der Waals surface area contributed by atoms with Crippen LogP contribution in [0.1, 0.15) is 20.5 Å². The molecule has 0 unspecified atom stereocenters. The maximum absolute atomic E-state index is 13.6. The number of amides is 1. The van der Waals surface area contributed by atoms with E-state index in [0.717, 1.165) is 35.3 Å². The molecule has 0 aromatic heterocycles. The maximum Gasteiger partial charge on any atom is 0.258 e. The minimum Gasteiger partial charge on any atom is -0.322 e. The standard InChI is InChI=1S/C16H13F2NOS2/c17-11-4-5-14(18)13(9-11)15(20)19-12-3-1-2-10(8-12)16-21-6-7-22-16/h1-5,8-9,16H,6-7H2,(H,19,20). The van der Waals surface area contributed by atoms with Gasteiger partial charge in [-0.2, -0.15) is 0 Å². The van der Waals surface area contributed by atoms with Crippen molar-refractivity contribution in [3.63, 3.8) is 0 Å². The Hall–Kier alpha value is -1.53. The molecule has 0 saturated carbocycles. The van der Waals surface area contributed by atoms with E-state index < -0.39 is 17.5 Å². The molecule has 1 saturated heterocycles. The van der Waals surface area contributed by atoms with Gasteiger partial charge in [0.15, 0.2) is 0 Å². The molecule has 1 amide bonds. The zero-order valence-electron chi connectivity index (χ0n) is 11.5. The molecule has 1 aliphatic rings. The number of hydrogen-bond acceptors (Lipinski definition) is 3. The summed E-state index contributed by atoms with van der Waals surface area (Å²) in [6, 6.07) is 10.3. The number of benzene rings is 2. The Labute approximate surface area is 135 Å². The van der Waals surface area contributed by atoms with Gasteiger partial charge in [0.25, 0.3) is 5.91 Å². The van der Waals surface area contributed by atoms with Crippen molar-refractivity contribution in [3.05, 3.63) is 65.2 Å². The predicted molar refractivity (Wildman–Crippen MR) is 88.4 cm³/mol. The number of rotatable bonds is 3. The molecule has 3 rings (SSSR count). The largest absolute Gasteiger partial charge is 0.322 e. The van der Waals surface area contributed by atoms with Crippen molar-refractivity contribution < 1.29 is 13.6 Å². The molecule has 2 aromatic carbocycles. The molecule has 1 fully saturated rings. The molecule has 2 aromatic rings. The smallest absolute Gasteiger partial charge is 0.258 e. The van der Waals surface area contributed by atoms with Crippen LogP contribution in [0.15, 0.2) is 42.5 Å². The van der Waals surface area contributed by atoms with Crippen LogP contribution in [-0.2, 0) is 0 Å². The maximum atomic E-state index is 13.6. The molecule has 0 radical (unpaired) electrons. The Morgan fingerprint density at radius 2 is 1.86 bits per heavy atom. The number of carbonyl (C=O) groups excluding carboxylic acids is 1. The summed E-state index contributed by atoms with van der Waals surface area (Å²) in [5.74, 6) is 0.192. The lowest BCUT2D eigenvalue weighted by atomic mass is 10.1. The van der Waals surface area contributed by atoms with Crippen LogP contribution in [0, 0.1) is 11.6 Å². The van der Waals surface area contributed by atoms with Gasteiger partial charge in [-0.25, -0.2) is 8.78 Å². The van der Waals surface area contributed by atoms with Crippen LogP contribution in [0.5, 0.6) is 0 Å². The monoisotopic (exact) mass is 337 g/mol. The fourth-order valence-corrected chi connectivity index (χ4v) is 5.02. The van der Waals surface area contributed by atoms with Crippen LogP contribution in [0.2, 0.25) is 0 Å². The first kappa shape index (κ1) is 15.4. The molecule has 22 heavy (non-hydrogen) atoms. The van der Waals surface area contributed by atoms with Crippen molar-refractivity contribution in [2.75, 3.05) is 16.8 Å². The van der Waals surface area contributed by atoms with Crippen LogP contribution >= 0.6 is 23.5 Å². The van der Waals surface area contributed by atoms with Gasteiger partial charge in [0, 0.05) is 17.2 Å². The van der Waals surface area contributed by atoms with Crippen molar-refractivity contribution in [3.8, 4) is 0 Å². The second-order valence-electron chi connectivity index (χ2n) is 4.78. The third kappa shape index (κ3) is 3.44. The highest BCUT2D eigenvalue weighted by atomic mass is 32.2. The van der Waals surface area contributed by atoms with Crippen LogP contribution in [0.25, 0.3) is 0 Å². The molecule has 1 N–H and O–H groups in total. The topological polar surface area (TPSA) is 29.1 Å². The van der Waals surface area contributed by atoms with E-state index in [-0.39, 0.29) is 5.56 Å². The minimum atomic E-state index is -0.739. The predicted octanol–water partition coefficient (Wildman–Crippen LogP) is 4.70. The fraction of sp³-hybridized carbons (Fsp3) is 0.188. The van der Waals surface area contributed by atoms with Crippen LogP contribution in [-0.4, -0.2) is 17.4 Å². The zero-order valence-corrected chi connectivity index (χ0v) is 13.1. The van der Waals surface area contributed by atoms with Crippen LogP contribution in [0.3, 0.4) is 0 Å². The van der Waals surface area contributed by atoms with E-state index in [2.05, 4.69) is 5.32 Å². The van der Waals surface area contributed by atoms with Crippen molar-refractivity contribution in [2.45, 2.75) is 4.58 Å². The normalized spacial score (nSPS) is 15.0. The Kier molecular flexibility index (Phi) is 4.69. The highest BCUT2D eigenvalue weighted by molar-refractivity contribution is 8.19. The van der Waals surface area contributed by atoms with E-state index in [9.17, 15) is 13.6 Å². The lowest BCUT2D eigenvalue weighted by Crippen LogP contribution is -2.14. The quantitative estimate of drug-likeness (QED) is 0.880. The highest BCUT2D eigenvalue weighted by Crippen LogP contribution is 2.45. The van der Waals surface area contributed by atoms with Crippen LogP contribution in [0.4, 0.5) is 14.5 Å². The van der Waals surface area contributed by atoms with Gasteiger partial charge in [-0.1, -0.05) is 12.1 Å². The average Bonchev–Trinajstić information content (AvgIpc) is 3.04. The second-order valence-corrected chi connectivity index (χ2v) is 7.50. The summed E-state index contributed by atoms with van der Waals surface area (Å²) in [5.41, 5.74) is 1.40. The van der Waals surface area contributed by atoms with Crippen molar-refractivity contribution >= 4 is 35.1 Å².